The Morgan fingerprint density at radius 1 is 1.67 bits per heavy atom. The van der Waals surface area contributed by atoms with Crippen LogP contribution in [-0.4, -0.2) is 23.0 Å². The molecule has 0 radical (unpaired) electrons. The molecule has 0 aliphatic rings. The maximum absolute atomic E-state index is 10.8. The van der Waals surface area contributed by atoms with Crippen LogP contribution in [0.1, 0.15) is 16.3 Å². The molecule has 0 fully saturated rings. The van der Waals surface area contributed by atoms with E-state index in [4.69, 9.17) is 10.5 Å². The molecule has 5 heteroatoms. The smallest absolute Gasteiger partial charge is 0.271 e. The van der Waals surface area contributed by atoms with Gasteiger partial charge in [-0.05, 0) is 6.92 Å². The normalized spacial score (nSPS) is 9.50. The fourth-order valence-electron chi connectivity index (χ4n) is 0.785. The van der Waals surface area contributed by atoms with E-state index in [0.717, 1.165) is 0 Å². The van der Waals surface area contributed by atoms with Crippen molar-refractivity contribution in [1.82, 2.24) is 9.97 Å². The van der Waals surface area contributed by atoms with Crippen molar-refractivity contribution in [1.29, 1.82) is 0 Å². The average molecular weight is 167 g/mol. The third-order valence-electron chi connectivity index (χ3n) is 1.33. The molecule has 1 amide bonds. The SMILES string of the molecule is COc1cnc(C)nc1C(N)=O. The van der Waals surface area contributed by atoms with Gasteiger partial charge in [0, 0.05) is 0 Å². The number of hydrogen-bond acceptors (Lipinski definition) is 4. The number of methoxy groups -OCH3 is 1. The summed E-state index contributed by atoms with van der Waals surface area (Å²) < 4.78 is 4.84. The number of rotatable bonds is 2. The minimum atomic E-state index is -0.614. The van der Waals surface area contributed by atoms with Crippen LogP contribution in [0, 0.1) is 6.92 Å². The number of amides is 1. The Morgan fingerprint density at radius 2 is 2.33 bits per heavy atom. The van der Waals surface area contributed by atoms with Crippen molar-refractivity contribution >= 4 is 5.91 Å². The van der Waals surface area contributed by atoms with E-state index in [1.165, 1.54) is 13.3 Å². The van der Waals surface area contributed by atoms with E-state index in [2.05, 4.69) is 9.97 Å². The Labute approximate surface area is 69.6 Å². The summed E-state index contributed by atoms with van der Waals surface area (Å²) in [5, 5.41) is 0. The van der Waals surface area contributed by atoms with Gasteiger partial charge in [-0.1, -0.05) is 0 Å². The van der Waals surface area contributed by atoms with Gasteiger partial charge in [0.05, 0.1) is 13.3 Å². The summed E-state index contributed by atoms with van der Waals surface area (Å²) in [6.45, 7) is 1.67. The lowest BCUT2D eigenvalue weighted by molar-refractivity contribution is 0.0992. The van der Waals surface area contributed by atoms with Gasteiger partial charge in [0.2, 0.25) is 0 Å². The number of nitrogens with two attached hydrogens (primary N) is 1. The van der Waals surface area contributed by atoms with Crippen LogP contribution < -0.4 is 10.5 Å². The van der Waals surface area contributed by atoms with Crippen LogP contribution in [0.5, 0.6) is 5.75 Å². The van der Waals surface area contributed by atoms with Gasteiger partial charge in [0.25, 0.3) is 5.91 Å². The minimum absolute atomic E-state index is 0.116. The Kier molecular flexibility index (Phi) is 2.23. The van der Waals surface area contributed by atoms with E-state index >= 15 is 0 Å². The lowest BCUT2D eigenvalue weighted by Gasteiger charge is -2.03. The first-order valence-electron chi connectivity index (χ1n) is 3.32. The minimum Gasteiger partial charge on any atom is -0.493 e. The van der Waals surface area contributed by atoms with Crippen molar-refractivity contribution < 1.29 is 9.53 Å². The van der Waals surface area contributed by atoms with Gasteiger partial charge in [-0.3, -0.25) is 4.79 Å². The molecule has 1 aromatic rings. The van der Waals surface area contributed by atoms with Crippen LogP contribution in [0.15, 0.2) is 6.20 Å². The quantitative estimate of drug-likeness (QED) is 0.666. The zero-order chi connectivity index (χ0) is 9.14. The average Bonchev–Trinajstić information content (AvgIpc) is 2.04. The van der Waals surface area contributed by atoms with E-state index < -0.39 is 5.91 Å². The lowest BCUT2D eigenvalue weighted by atomic mass is 10.3. The zero-order valence-electron chi connectivity index (χ0n) is 6.87. The molecule has 5 nitrogen and oxygen atoms in total. The maximum atomic E-state index is 10.8. The number of carbonyl (C=O) groups is 1. The molecule has 64 valence electrons. The topological polar surface area (TPSA) is 78.1 Å². The molecule has 1 aromatic heterocycles. The molecule has 0 atom stereocenters. The Hall–Kier alpha value is -1.65. The van der Waals surface area contributed by atoms with E-state index in [9.17, 15) is 4.79 Å². The van der Waals surface area contributed by atoms with Gasteiger partial charge in [-0.15, -0.1) is 0 Å². The molecule has 1 rings (SSSR count). The molecule has 0 saturated carbocycles. The number of aromatic nitrogens is 2. The predicted molar refractivity (Wildman–Crippen MR) is 41.8 cm³/mol. The van der Waals surface area contributed by atoms with E-state index in [1.807, 2.05) is 0 Å². The standard InChI is InChI=1S/C7H9N3O2/c1-4-9-3-5(12-2)6(10-4)7(8)11/h3H,1-2H3,(H2,8,11). The predicted octanol–water partition coefficient (Wildman–Crippen LogP) is -0.107. The molecule has 12 heavy (non-hydrogen) atoms. The summed E-state index contributed by atoms with van der Waals surface area (Å²) in [4.78, 5) is 18.5. The molecule has 0 saturated heterocycles. The molecule has 0 spiro atoms. The fourth-order valence-corrected chi connectivity index (χ4v) is 0.785. The highest BCUT2D eigenvalue weighted by Gasteiger charge is 2.10. The molecule has 1 heterocycles. The van der Waals surface area contributed by atoms with Gasteiger partial charge < -0.3 is 10.5 Å². The zero-order valence-corrected chi connectivity index (χ0v) is 6.87. The van der Waals surface area contributed by atoms with Crippen LogP contribution in [0.4, 0.5) is 0 Å². The summed E-state index contributed by atoms with van der Waals surface area (Å²) in [5.74, 6) is 0.176. The molecular weight excluding hydrogens is 158 g/mol. The van der Waals surface area contributed by atoms with Crippen LogP contribution in [0.2, 0.25) is 0 Å². The number of aryl methyl sites for hydroxylation is 1. The van der Waals surface area contributed by atoms with Crippen molar-refractivity contribution in [2.24, 2.45) is 5.73 Å². The highest BCUT2D eigenvalue weighted by atomic mass is 16.5. The van der Waals surface area contributed by atoms with E-state index in [1.54, 1.807) is 6.92 Å². The van der Waals surface area contributed by atoms with E-state index in [-0.39, 0.29) is 5.69 Å². The number of nitrogens with zero attached hydrogens (tertiary/aromatic N) is 2. The summed E-state index contributed by atoms with van der Waals surface area (Å²) in [7, 11) is 1.43. The Morgan fingerprint density at radius 3 is 2.83 bits per heavy atom. The highest BCUT2D eigenvalue weighted by molar-refractivity contribution is 5.93. The largest absolute Gasteiger partial charge is 0.493 e. The van der Waals surface area contributed by atoms with Crippen LogP contribution in [0.3, 0.4) is 0 Å². The van der Waals surface area contributed by atoms with Crippen LogP contribution in [-0.2, 0) is 0 Å². The summed E-state index contributed by atoms with van der Waals surface area (Å²) in [6.07, 6.45) is 1.42. The summed E-state index contributed by atoms with van der Waals surface area (Å²) in [6, 6.07) is 0. The van der Waals surface area contributed by atoms with Crippen molar-refractivity contribution in [2.75, 3.05) is 7.11 Å². The molecule has 0 bridgehead atoms. The summed E-state index contributed by atoms with van der Waals surface area (Å²) in [5.41, 5.74) is 5.17. The van der Waals surface area contributed by atoms with Crippen molar-refractivity contribution in [2.45, 2.75) is 6.92 Å². The third kappa shape index (κ3) is 1.50. The molecule has 0 aliphatic carbocycles. The van der Waals surface area contributed by atoms with Gasteiger partial charge >= 0.3 is 0 Å². The van der Waals surface area contributed by atoms with Gasteiger partial charge in [0.15, 0.2) is 11.4 Å². The maximum Gasteiger partial charge on any atom is 0.271 e. The first-order chi connectivity index (χ1) is 5.65. The molecule has 2 N–H and O–H groups in total. The molecule has 0 aliphatic heterocycles. The lowest BCUT2D eigenvalue weighted by Crippen LogP contribution is -2.15. The van der Waals surface area contributed by atoms with Gasteiger partial charge in [-0.25, -0.2) is 9.97 Å². The van der Waals surface area contributed by atoms with Crippen molar-refractivity contribution in [3.8, 4) is 5.75 Å². The number of carbonyl (C=O) groups excluding carboxylic acids is 1. The summed E-state index contributed by atoms with van der Waals surface area (Å²) >= 11 is 0. The monoisotopic (exact) mass is 167 g/mol. The number of ether oxygens (including phenoxy) is 1. The Balaban J connectivity index is 3.21. The van der Waals surface area contributed by atoms with E-state index in [0.29, 0.717) is 11.6 Å². The number of primary amides is 1. The molecular formula is C7H9N3O2. The Bertz CT molecular complexity index is 312. The first kappa shape index (κ1) is 8.45. The fraction of sp³-hybridized carbons (Fsp3) is 0.286. The highest BCUT2D eigenvalue weighted by Crippen LogP contribution is 2.12. The van der Waals surface area contributed by atoms with Crippen LogP contribution >= 0.6 is 0 Å². The third-order valence-corrected chi connectivity index (χ3v) is 1.33. The van der Waals surface area contributed by atoms with Crippen molar-refractivity contribution in [3.63, 3.8) is 0 Å². The van der Waals surface area contributed by atoms with Crippen LogP contribution in [0.25, 0.3) is 0 Å². The second-order valence-electron chi connectivity index (χ2n) is 2.20. The van der Waals surface area contributed by atoms with Crippen molar-refractivity contribution in [3.05, 3.63) is 17.7 Å². The van der Waals surface area contributed by atoms with Gasteiger partial charge in [-0.2, -0.15) is 0 Å². The second-order valence-corrected chi connectivity index (χ2v) is 2.20. The number of hydrogen-bond donors (Lipinski definition) is 1. The molecule has 0 aromatic carbocycles. The van der Waals surface area contributed by atoms with Gasteiger partial charge in [0.1, 0.15) is 5.82 Å². The molecule has 0 unspecified atom stereocenters. The second kappa shape index (κ2) is 3.17. The first-order valence-corrected chi connectivity index (χ1v) is 3.32.